The molecule has 31 heavy (non-hydrogen) atoms. The van der Waals surface area contributed by atoms with Crippen LogP contribution in [0.25, 0.3) is 11.3 Å². The van der Waals surface area contributed by atoms with Crippen LogP contribution in [-0.2, 0) is 20.0 Å². The molecule has 1 aromatic carbocycles. The van der Waals surface area contributed by atoms with Crippen molar-refractivity contribution in [3.05, 3.63) is 64.4 Å². The van der Waals surface area contributed by atoms with E-state index < -0.39 is 14.6 Å². The number of nitrogens with one attached hydrogen (secondary N) is 1. The lowest BCUT2D eigenvalue weighted by Gasteiger charge is -2.69. The first-order chi connectivity index (χ1) is 14.7. The van der Waals surface area contributed by atoms with E-state index in [1.165, 1.54) is 6.26 Å². The number of carbonyl (C=O) groups excluding carboxylic acids is 1. The minimum absolute atomic E-state index is 0.0770. The molecule has 4 fully saturated rings. The van der Waals surface area contributed by atoms with Crippen molar-refractivity contribution in [2.45, 2.75) is 47.8 Å². The summed E-state index contributed by atoms with van der Waals surface area (Å²) >= 11 is 1.70. The van der Waals surface area contributed by atoms with Crippen molar-refractivity contribution >= 4 is 27.1 Å². The molecule has 3 aromatic rings. The quantitative estimate of drug-likeness (QED) is 0.607. The molecule has 0 radical (unpaired) electrons. The van der Waals surface area contributed by atoms with Crippen LogP contribution in [0.3, 0.4) is 0 Å². The van der Waals surface area contributed by atoms with Gasteiger partial charge in [-0.05, 0) is 44.2 Å². The third-order valence-electron chi connectivity index (χ3n) is 7.13. The van der Waals surface area contributed by atoms with E-state index in [9.17, 15) is 13.2 Å². The summed E-state index contributed by atoms with van der Waals surface area (Å²) in [5, 5.41) is 6.38. The van der Waals surface area contributed by atoms with Crippen molar-refractivity contribution < 1.29 is 17.6 Å². The molecule has 0 aliphatic heterocycles. The van der Waals surface area contributed by atoms with E-state index in [0.29, 0.717) is 18.6 Å². The Morgan fingerprint density at radius 3 is 2.45 bits per heavy atom. The lowest BCUT2D eigenvalue weighted by molar-refractivity contribution is -0.0812. The van der Waals surface area contributed by atoms with Gasteiger partial charge in [0.15, 0.2) is 15.6 Å². The third kappa shape index (κ3) is 2.77. The minimum atomic E-state index is -3.27. The standard InChI is InChI=1S/C23H22N2O4S2/c1-31(27,28)23(9-10-23)18-8-7-17(29-18)19(26)25-22-12-21(13-22,14-22)20-24-16(11-30-20)15-5-3-2-4-6-15/h2-8,11H,9-10,12-14H2,1H3,(H,25,26). The number of aromatic nitrogens is 1. The molecule has 8 heteroatoms. The van der Waals surface area contributed by atoms with E-state index >= 15 is 0 Å². The van der Waals surface area contributed by atoms with Crippen LogP contribution in [0.5, 0.6) is 0 Å². The molecule has 0 atom stereocenters. The maximum Gasteiger partial charge on any atom is 0.287 e. The fraction of sp³-hybridized carbons (Fsp3) is 0.391. The molecule has 160 valence electrons. The molecule has 1 N–H and O–H groups in total. The molecule has 4 saturated carbocycles. The smallest absolute Gasteiger partial charge is 0.287 e. The number of benzene rings is 1. The zero-order valence-electron chi connectivity index (χ0n) is 17.1. The highest BCUT2D eigenvalue weighted by molar-refractivity contribution is 7.91. The monoisotopic (exact) mass is 454 g/mol. The highest BCUT2D eigenvalue weighted by atomic mass is 32.2. The number of amides is 1. The summed E-state index contributed by atoms with van der Waals surface area (Å²) in [5.74, 6) is 0.294. The maximum atomic E-state index is 12.8. The van der Waals surface area contributed by atoms with Gasteiger partial charge < -0.3 is 9.73 Å². The first-order valence-electron chi connectivity index (χ1n) is 10.4. The molecule has 0 spiro atoms. The number of rotatable bonds is 6. The highest BCUT2D eigenvalue weighted by Crippen LogP contribution is 2.68. The zero-order valence-corrected chi connectivity index (χ0v) is 18.7. The first-order valence-corrected chi connectivity index (χ1v) is 13.2. The molecule has 0 unspecified atom stereocenters. The van der Waals surface area contributed by atoms with Gasteiger partial charge in [-0.2, -0.15) is 0 Å². The summed E-state index contributed by atoms with van der Waals surface area (Å²) in [6, 6.07) is 13.4. The molecule has 0 saturated heterocycles. The number of carbonyl (C=O) groups is 1. The van der Waals surface area contributed by atoms with Crippen LogP contribution in [0, 0.1) is 0 Å². The van der Waals surface area contributed by atoms with E-state index in [1.54, 1.807) is 23.5 Å². The zero-order chi connectivity index (χ0) is 21.5. The summed E-state index contributed by atoms with van der Waals surface area (Å²) < 4.78 is 28.9. The molecule has 2 bridgehead atoms. The van der Waals surface area contributed by atoms with Gasteiger partial charge in [-0.1, -0.05) is 30.3 Å². The molecule has 2 heterocycles. The van der Waals surface area contributed by atoms with Crippen LogP contribution in [0.2, 0.25) is 0 Å². The predicted octanol–water partition coefficient (Wildman–Crippen LogP) is 4.04. The van der Waals surface area contributed by atoms with Gasteiger partial charge >= 0.3 is 0 Å². The van der Waals surface area contributed by atoms with E-state index in [2.05, 4.69) is 22.8 Å². The molecule has 1 amide bonds. The van der Waals surface area contributed by atoms with Gasteiger partial charge in [-0.3, -0.25) is 4.79 Å². The van der Waals surface area contributed by atoms with Gasteiger partial charge in [0.2, 0.25) is 0 Å². The van der Waals surface area contributed by atoms with Crippen molar-refractivity contribution in [1.29, 1.82) is 0 Å². The number of sulfone groups is 1. The molecular formula is C23H22N2O4S2. The second-order valence-electron chi connectivity index (χ2n) is 9.38. The predicted molar refractivity (Wildman–Crippen MR) is 118 cm³/mol. The van der Waals surface area contributed by atoms with Crippen LogP contribution in [0.15, 0.2) is 52.3 Å². The normalized spacial score (nSPS) is 27.8. The Morgan fingerprint density at radius 1 is 1.10 bits per heavy atom. The second-order valence-corrected chi connectivity index (χ2v) is 12.6. The van der Waals surface area contributed by atoms with Crippen molar-refractivity contribution in [3.63, 3.8) is 0 Å². The Bertz CT molecular complexity index is 1280. The van der Waals surface area contributed by atoms with Crippen LogP contribution in [0.1, 0.15) is 53.4 Å². The average molecular weight is 455 g/mol. The number of furan rings is 1. The van der Waals surface area contributed by atoms with Crippen LogP contribution in [-0.4, -0.2) is 31.1 Å². The Hall–Kier alpha value is -2.45. The number of hydrogen-bond acceptors (Lipinski definition) is 6. The number of nitrogens with zero attached hydrogens (tertiary/aromatic N) is 1. The van der Waals surface area contributed by atoms with Gasteiger partial charge in [0.1, 0.15) is 10.5 Å². The SMILES string of the molecule is CS(=O)(=O)C1(c2ccc(C(=O)NC34CC(c5nc(-c6ccccc6)cs5)(C3)C4)o2)CC1. The van der Waals surface area contributed by atoms with Gasteiger partial charge in [0.05, 0.1) is 10.7 Å². The van der Waals surface area contributed by atoms with Crippen molar-refractivity contribution in [1.82, 2.24) is 10.3 Å². The highest BCUT2D eigenvalue weighted by Gasteiger charge is 2.70. The Morgan fingerprint density at radius 2 is 1.81 bits per heavy atom. The van der Waals surface area contributed by atoms with Crippen molar-refractivity contribution in [2.75, 3.05) is 6.26 Å². The molecule has 2 aromatic heterocycles. The largest absolute Gasteiger partial charge is 0.454 e. The molecule has 6 nitrogen and oxygen atoms in total. The summed E-state index contributed by atoms with van der Waals surface area (Å²) in [7, 11) is -3.27. The van der Waals surface area contributed by atoms with Crippen LogP contribution < -0.4 is 5.32 Å². The van der Waals surface area contributed by atoms with E-state index in [4.69, 9.17) is 9.40 Å². The molecule has 4 aliphatic carbocycles. The van der Waals surface area contributed by atoms with Crippen LogP contribution in [0.4, 0.5) is 0 Å². The van der Waals surface area contributed by atoms with E-state index in [1.807, 2.05) is 18.2 Å². The summed E-state index contributed by atoms with van der Waals surface area (Å²) in [4.78, 5) is 17.6. The van der Waals surface area contributed by atoms with Gasteiger partial charge in [0.25, 0.3) is 5.91 Å². The van der Waals surface area contributed by atoms with Crippen molar-refractivity contribution in [3.8, 4) is 11.3 Å². The average Bonchev–Trinajstić information content (AvgIpc) is 3.13. The topological polar surface area (TPSA) is 89.3 Å². The lowest BCUT2D eigenvalue weighted by atomic mass is 9.39. The van der Waals surface area contributed by atoms with Crippen molar-refractivity contribution in [2.24, 2.45) is 0 Å². The Balaban J connectivity index is 1.13. The lowest BCUT2D eigenvalue weighted by Crippen LogP contribution is -2.76. The summed E-state index contributed by atoms with van der Waals surface area (Å²) in [5.41, 5.74) is 2.01. The molecular weight excluding hydrogens is 432 g/mol. The fourth-order valence-corrected chi connectivity index (χ4v) is 7.68. The van der Waals surface area contributed by atoms with Gasteiger partial charge in [-0.25, -0.2) is 13.4 Å². The molecule has 7 rings (SSSR count). The van der Waals surface area contributed by atoms with E-state index in [-0.39, 0.29) is 22.6 Å². The Kier molecular flexibility index (Phi) is 3.77. The summed E-state index contributed by atoms with van der Waals surface area (Å²) in [6.45, 7) is 0. The van der Waals surface area contributed by atoms with Gasteiger partial charge in [0, 0.05) is 28.2 Å². The first kappa shape index (κ1) is 19.3. The fourth-order valence-electron chi connectivity index (χ4n) is 5.33. The number of hydrogen-bond donors (Lipinski definition) is 1. The van der Waals surface area contributed by atoms with E-state index in [0.717, 1.165) is 35.5 Å². The Labute approximate surface area is 184 Å². The maximum absolute atomic E-state index is 12.8. The third-order valence-corrected chi connectivity index (χ3v) is 10.2. The summed E-state index contributed by atoms with van der Waals surface area (Å²) in [6.07, 6.45) is 4.97. The van der Waals surface area contributed by atoms with Gasteiger partial charge in [-0.15, -0.1) is 11.3 Å². The molecule has 4 aliphatic rings. The minimum Gasteiger partial charge on any atom is -0.454 e. The number of thiazole rings is 1. The second kappa shape index (κ2) is 6.07. The van der Waals surface area contributed by atoms with Crippen LogP contribution >= 0.6 is 11.3 Å².